The first kappa shape index (κ1) is 15.3. The van der Waals surface area contributed by atoms with E-state index in [0.717, 1.165) is 24.0 Å². The number of likely N-dealkylation sites (N-methyl/N-ethyl adjacent to an activating group) is 1. The highest BCUT2D eigenvalue weighted by atomic mass is 79.9. The molecule has 0 fully saturated rings. The van der Waals surface area contributed by atoms with Crippen molar-refractivity contribution in [3.05, 3.63) is 70.2 Å². The Morgan fingerprint density at radius 3 is 2.35 bits per heavy atom. The fourth-order valence-corrected chi connectivity index (χ4v) is 2.69. The molecule has 20 heavy (non-hydrogen) atoms. The van der Waals surface area contributed by atoms with Crippen molar-refractivity contribution in [3.63, 3.8) is 0 Å². The third-order valence-corrected chi connectivity index (χ3v) is 4.14. The normalized spacial score (nSPS) is 12.3. The summed E-state index contributed by atoms with van der Waals surface area (Å²) in [6, 6.07) is 19.5. The predicted octanol–water partition coefficient (Wildman–Crippen LogP) is 4.78. The molecule has 0 aliphatic heterocycles. The first-order valence-electron chi connectivity index (χ1n) is 7.29. The average Bonchev–Trinajstić information content (AvgIpc) is 2.50. The molecule has 0 saturated heterocycles. The van der Waals surface area contributed by atoms with Gasteiger partial charge < -0.3 is 5.32 Å². The zero-order chi connectivity index (χ0) is 14.2. The summed E-state index contributed by atoms with van der Waals surface area (Å²) >= 11 is 3.49. The van der Waals surface area contributed by atoms with E-state index in [4.69, 9.17) is 0 Å². The van der Waals surface area contributed by atoms with Crippen LogP contribution in [0.3, 0.4) is 0 Å². The first-order valence-corrected chi connectivity index (χ1v) is 8.09. The van der Waals surface area contributed by atoms with E-state index in [1.54, 1.807) is 0 Å². The molecule has 1 unspecified atom stereocenters. The van der Waals surface area contributed by atoms with Crippen LogP contribution in [0.25, 0.3) is 0 Å². The van der Waals surface area contributed by atoms with Crippen molar-refractivity contribution in [1.29, 1.82) is 0 Å². The van der Waals surface area contributed by atoms with E-state index < -0.39 is 0 Å². The predicted molar refractivity (Wildman–Crippen MR) is 90.2 cm³/mol. The van der Waals surface area contributed by atoms with Gasteiger partial charge in [-0.1, -0.05) is 65.3 Å². The quantitative estimate of drug-likeness (QED) is 0.770. The number of halogens is 1. The third kappa shape index (κ3) is 4.77. The number of nitrogens with one attached hydrogen (secondary N) is 1. The summed E-state index contributed by atoms with van der Waals surface area (Å²) in [7, 11) is 0. The van der Waals surface area contributed by atoms with Crippen LogP contribution in [0.15, 0.2) is 59.1 Å². The first-order chi connectivity index (χ1) is 9.79. The molecule has 2 aromatic rings. The van der Waals surface area contributed by atoms with Crippen LogP contribution in [0.1, 0.15) is 30.4 Å². The molecule has 0 heterocycles. The van der Waals surface area contributed by atoms with Gasteiger partial charge in [0.25, 0.3) is 0 Å². The summed E-state index contributed by atoms with van der Waals surface area (Å²) in [6.07, 6.45) is 2.30. The molecule has 0 aliphatic rings. The Kier molecular flexibility index (Phi) is 6.28. The fourth-order valence-electron chi connectivity index (χ4n) is 2.42. The summed E-state index contributed by atoms with van der Waals surface area (Å²) in [6.45, 7) is 4.25. The highest BCUT2D eigenvalue weighted by Gasteiger charge is 2.10. The Labute approximate surface area is 130 Å². The number of rotatable bonds is 7. The second kappa shape index (κ2) is 8.23. The van der Waals surface area contributed by atoms with Gasteiger partial charge in [0.2, 0.25) is 0 Å². The van der Waals surface area contributed by atoms with E-state index >= 15 is 0 Å². The molecule has 0 aromatic heterocycles. The lowest BCUT2D eigenvalue weighted by Crippen LogP contribution is -2.21. The molecule has 0 amide bonds. The zero-order valence-corrected chi connectivity index (χ0v) is 13.6. The number of hydrogen-bond acceptors (Lipinski definition) is 1. The SMILES string of the molecule is CCNCC(CCc1ccc(Br)cc1)c1ccccc1. The summed E-state index contributed by atoms with van der Waals surface area (Å²) in [5.41, 5.74) is 2.84. The summed E-state index contributed by atoms with van der Waals surface area (Å²) < 4.78 is 1.15. The molecule has 2 heteroatoms. The largest absolute Gasteiger partial charge is 0.316 e. The van der Waals surface area contributed by atoms with E-state index in [-0.39, 0.29) is 0 Å². The Hall–Kier alpha value is -1.12. The Balaban J connectivity index is 1.99. The summed E-state index contributed by atoms with van der Waals surface area (Å²) in [4.78, 5) is 0. The smallest absolute Gasteiger partial charge is 0.0175 e. The van der Waals surface area contributed by atoms with E-state index in [2.05, 4.69) is 82.8 Å². The van der Waals surface area contributed by atoms with Crippen molar-refractivity contribution in [2.75, 3.05) is 13.1 Å². The van der Waals surface area contributed by atoms with Crippen LogP contribution in [0.5, 0.6) is 0 Å². The van der Waals surface area contributed by atoms with Gasteiger partial charge in [-0.05, 0) is 48.6 Å². The highest BCUT2D eigenvalue weighted by Crippen LogP contribution is 2.22. The van der Waals surface area contributed by atoms with Crippen molar-refractivity contribution < 1.29 is 0 Å². The average molecular weight is 332 g/mol. The van der Waals surface area contributed by atoms with E-state index in [1.165, 1.54) is 17.5 Å². The lowest BCUT2D eigenvalue weighted by atomic mass is 9.92. The topological polar surface area (TPSA) is 12.0 Å². The molecule has 0 bridgehead atoms. The van der Waals surface area contributed by atoms with Gasteiger partial charge in [-0.2, -0.15) is 0 Å². The lowest BCUT2D eigenvalue weighted by molar-refractivity contribution is 0.562. The van der Waals surface area contributed by atoms with Crippen LogP contribution < -0.4 is 5.32 Å². The molecule has 2 aromatic carbocycles. The van der Waals surface area contributed by atoms with Crippen molar-refractivity contribution >= 4 is 15.9 Å². The molecule has 1 atom stereocenters. The van der Waals surface area contributed by atoms with Crippen molar-refractivity contribution in [1.82, 2.24) is 5.32 Å². The van der Waals surface area contributed by atoms with Gasteiger partial charge in [0, 0.05) is 11.0 Å². The second-order valence-electron chi connectivity index (χ2n) is 5.08. The molecule has 0 saturated carbocycles. The molecule has 1 nitrogen and oxygen atoms in total. The van der Waals surface area contributed by atoms with Crippen molar-refractivity contribution in [2.24, 2.45) is 0 Å². The van der Waals surface area contributed by atoms with E-state index in [1.807, 2.05) is 0 Å². The van der Waals surface area contributed by atoms with Gasteiger partial charge in [-0.3, -0.25) is 0 Å². The van der Waals surface area contributed by atoms with E-state index in [0.29, 0.717) is 5.92 Å². The van der Waals surface area contributed by atoms with Gasteiger partial charge in [-0.15, -0.1) is 0 Å². The molecular formula is C18H22BrN. The van der Waals surface area contributed by atoms with Gasteiger partial charge in [-0.25, -0.2) is 0 Å². The highest BCUT2D eigenvalue weighted by molar-refractivity contribution is 9.10. The fraction of sp³-hybridized carbons (Fsp3) is 0.333. The monoisotopic (exact) mass is 331 g/mol. The molecule has 1 N–H and O–H groups in total. The second-order valence-corrected chi connectivity index (χ2v) is 6.00. The molecule has 0 radical (unpaired) electrons. The molecule has 106 valence electrons. The van der Waals surface area contributed by atoms with Gasteiger partial charge >= 0.3 is 0 Å². The minimum Gasteiger partial charge on any atom is -0.316 e. The van der Waals surface area contributed by atoms with Crippen LogP contribution in [0.2, 0.25) is 0 Å². The summed E-state index contributed by atoms with van der Waals surface area (Å²) in [5, 5.41) is 3.48. The van der Waals surface area contributed by atoms with Crippen LogP contribution >= 0.6 is 15.9 Å². The molecular weight excluding hydrogens is 310 g/mol. The zero-order valence-electron chi connectivity index (χ0n) is 12.0. The Bertz CT molecular complexity index is 493. The van der Waals surface area contributed by atoms with Crippen molar-refractivity contribution in [3.8, 4) is 0 Å². The minimum absolute atomic E-state index is 0.583. The Morgan fingerprint density at radius 2 is 1.70 bits per heavy atom. The van der Waals surface area contributed by atoms with E-state index in [9.17, 15) is 0 Å². The van der Waals surface area contributed by atoms with Crippen LogP contribution in [0.4, 0.5) is 0 Å². The Morgan fingerprint density at radius 1 is 1.00 bits per heavy atom. The summed E-state index contributed by atoms with van der Waals surface area (Å²) in [5.74, 6) is 0.583. The van der Waals surface area contributed by atoms with Crippen LogP contribution in [-0.2, 0) is 6.42 Å². The number of aryl methyl sites for hydroxylation is 1. The lowest BCUT2D eigenvalue weighted by Gasteiger charge is -2.18. The molecule has 0 spiro atoms. The van der Waals surface area contributed by atoms with Crippen LogP contribution in [0, 0.1) is 0 Å². The number of benzene rings is 2. The number of hydrogen-bond donors (Lipinski definition) is 1. The maximum atomic E-state index is 3.49. The maximum absolute atomic E-state index is 3.49. The van der Waals surface area contributed by atoms with Gasteiger partial charge in [0.05, 0.1) is 0 Å². The molecule has 0 aliphatic carbocycles. The maximum Gasteiger partial charge on any atom is 0.0175 e. The molecule has 2 rings (SSSR count). The van der Waals surface area contributed by atoms with Gasteiger partial charge in [0.1, 0.15) is 0 Å². The van der Waals surface area contributed by atoms with Gasteiger partial charge in [0.15, 0.2) is 0 Å². The van der Waals surface area contributed by atoms with Crippen molar-refractivity contribution in [2.45, 2.75) is 25.7 Å². The third-order valence-electron chi connectivity index (χ3n) is 3.61. The minimum atomic E-state index is 0.583. The van der Waals surface area contributed by atoms with Crippen LogP contribution in [-0.4, -0.2) is 13.1 Å². The standard InChI is InChI=1S/C18H22BrN/c1-2-20-14-17(16-6-4-3-5-7-16)11-8-15-9-12-18(19)13-10-15/h3-7,9-10,12-13,17,20H,2,8,11,14H2,1H3.